The quantitative estimate of drug-likeness (QED) is 0.896. The van der Waals surface area contributed by atoms with Crippen molar-refractivity contribution in [2.75, 3.05) is 7.05 Å². The van der Waals surface area contributed by atoms with Crippen molar-refractivity contribution in [3.8, 4) is 5.75 Å². The summed E-state index contributed by atoms with van der Waals surface area (Å²) in [6, 6.07) is 8.89. The van der Waals surface area contributed by atoms with Gasteiger partial charge in [-0.2, -0.15) is 0 Å². The number of halogens is 2. The molecule has 18 heavy (non-hydrogen) atoms. The predicted octanol–water partition coefficient (Wildman–Crippen LogP) is 3.95. The third-order valence-corrected chi connectivity index (χ3v) is 4.00. The molecule has 0 atom stereocenters. The van der Waals surface area contributed by atoms with E-state index in [9.17, 15) is 4.39 Å². The summed E-state index contributed by atoms with van der Waals surface area (Å²) in [5, 5.41) is 3.00. The molecule has 0 aliphatic carbocycles. The molecule has 0 aliphatic heterocycles. The normalized spacial score (nSPS) is 10.6. The molecular weight excluding hydrogens is 317 g/mol. The molecule has 2 aromatic rings. The van der Waals surface area contributed by atoms with Gasteiger partial charge in [-0.15, -0.1) is 11.3 Å². The standard InChI is InChI=1S/C13H13BrFNOS/c1-16-7-9-3-2-4-11(15)13(9)17-8-10-5-6-12(14)18-10/h2-6,16H,7-8H2,1H3. The monoisotopic (exact) mass is 329 g/mol. The molecule has 0 spiro atoms. The highest BCUT2D eigenvalue weighted by Crippen LogP contribution is 2.26. The van der Waals surface area contributed by atoms with Crippen molar-refractivity contribution < 1.29 is 9.13 Å². The van der Waals surface area contributed by atoms with E-state index in [1.807, 2.05) is 25.2 Å². The van der Waals surface area contributed by atoms with E-state index in [0.29, 0.717) is 18.9 Å². The first kappa shape index (κ1) is 13.5. The number of para-hydroxylation sites is 1. The van der Waals surface area contributed by atoms with E-state index in [2.05, 4.69) is 21.2 Å². The molecule has 1 heterocycles. The summed E-state index contributed by atoms with van der Waals surface area (Å²) in [5.74, 6) is 0.00902. The van der Waals surface area contributed by atoms with Crippen LogP contribution in [-0.2, 0) is 13.2 Å². The first-order valence-electron chi connectivity index (χ1n) is 5.49. The number of hydrogen-bond donors (Lipinski definition) is 1. The van der Waals surface area contributed by atoms with E-state index in [1.165, 1.54) is 6.07 Å². The Morgan fingerprint density at radius 3 is 2.83 bits per heavy atom. The topological polar surface area (TPSA) is 21.3 Å². The van der Waals surface area contributed by atoms with Crippen molar-refractivity contribution in [2.45, 2.75) is 13.2 Å². The summed E-state index contributed by atoms with van der Waals surface area (Å²) >= 11 is 4.98. The summed E-state index contributed by atoms with van der Waals surface area (Å²) in [7, 11) is 1.82. The first-order valence-corrected chi connectivity index (χ1v) is 7.10. The van der Waals surface area contributed by atoms with Crippen LogP contribution in [0, 0.1) is 5.82 Å². The Morgan fingerprint density at radius 1 is 1.33 bits per heavy atom. The lowest BCUT2D eigenvalue weighted by Crippen LogP contribution is -2.08. The molecule has 5 heteroatoms. The second kappa shape index (κ2) is 6.31. The van der Waals surface area contributed by atoms with E-state index in [-0.39, 0.29) is 5.82 Å². The third-order valence-electron chi connectivity index (χ3n) is 2.40. The zero-order valence-corrected chi connectivity index (χ0v) is 12.3. The fourth-order valence-electron chi connectivity index (χ4n) is 1.62. The maximum absolute atomic E-state index is 13.7. The van der Waals surface area contributed by atoms with Crippen LogP contribution < -0.4 is 10.1 Å². The molecule has 0 saturated heterocycles. The first-order chi connectivity index (χ1) is 8.70. The molecule has 1 N–H and O–H groups in total. The minimum Gasteiger partial charge on any atom is -0.485 e. The second-order valence-corrected chi connectivity index (χ2v) is 6.30. The molecule has 0 bridgehead atoms. The lowest BCUT2D eigenvalue weighted by atomic mass is 10.2. The molecule has 0 saturated carbocycles. The molecule has 96 valence electrons. The van der Waals surface area contributed by atoms with Gasteiger partial charge in [0.05, 0.1) is 3.79 Å². The van der Waals surface area contributed by atoms with Crippen molar-refractivity contribution in [1.29, 1.82) is 0 Å². The van der Waals surface area contributed by atoms with Crippen LogP contribution >= 0.6 is 27.3 Å². The Balaban J connectivity index is 2.12. The van der Waals surface area contributed by atoms with Crippen LogP contribution in [0.15, 0.2) is 34.1 Å². The fraction of sp³-hybridized carbons (Fsp3) is 0.231. The van der Waals surface area contributed by atoms with E-state index in [4.69, 9.17) is 4.74 Å². The number of ether oxygens (including phenoxy) is 1. The number of hydrogen-bond acceptors (Lipinski definition) is 3. The van der Waals surface area contributed by atoms with E-state index < -0.39 is 0 Å². The average molecular weight is 330 g/mol. The zero-order valence-electron chi connectivity index (χ0n) is 9.87. The van der Waals surface area contributed by atoms with Gasteiger partial charge in [0.15, 0.2) is 11.6 Å². The van der Waals surface area contributed by atoms with Gasteiger partial charge in [0.1, 0.15) is 6.61 Å². The lowest BCUT2D eigenvalue weighted by molar-refractivity contribution is 0.289. The summed E-state index contributed by atoms with van der Waals surface area (Å²) < 4.78 is 20.4. The molecule has 0 radical (unpaired) electrons. The van der Waals surface area contributed by atoms with Crippen LogP contribution in [-0.4, -0.2) is 7.05 Å². The van der Waals surface area contributed by atoms with Crippen LogP contribution in [0.4, 0.5) is 4.39 Å². The molecule has 0 aliphatic rings. The van der Waals surface area contributed by atoms with Crippen LogP contribution in [0.1, 0.15) is 10.4 Å². The van der Waals surface area contributed by atoms with Gasteiger partial charge < -0.3 is 10.1 Å². The summed E-state index contributed by atoms with van der Waals surface area (Å²) in [6.07, 6.45) is 0. The van der Waals surface area contributed by atoms with E-state index >= 15 is 0 Å². The predicted molar refractivity (Wildman–Crippen MR) is 75.5 cm³/mol. The highest BCUT2D eigenvalue weighted by atomic mass is 79.9. The van der Waals surface area contributed by atoms with Crippen molar-refractivity contribution in [1.82, 2.24) is 5.32 Å². The largest absolute Gasteiger partial charge is 0.485 e. The average Bonchev–Trinajstić information content (AvgIpc) is 2.75. The highest BCUT2D eigenvalue weighted by Gasteiger charge is 2.10. The van der Waals surface area contributed by atoms with Crippen molar-refractivity contribution in [3.05, 3.63) is 50.4 Å². The summed E-state index contributed by atoms with van der Waals surface area (Å²) in [6.45, 7) is 0.967. The van der Waals surface area contributed by atoms with E-state index in [0.717, 1.165) is 14.2 Å². The van der Waals surface area contributed by atoms with Gasteiger partial charge in [0.25, 0.3) is 0 Å². The second-order valence-electron chi connectivity index (χ2n) is 3.75. The smallest absolute Gasteiger partial charge is 0.165 e. The Kier molecular flexibility index (Phi) is 4.74. The number of thiophene rings is 1. The van der Waals surface area contributed by atoms with Gasteiger partial charge in [-0.25, -0.2) is 4.39 Å². The number of rotatable bonds is 5. The number of nitrogens with one attached hydrogen (secondary N) is 1. The molecule has 2 nitrogen and oxygen atoms in total. The molecule has 0 fully saturated rings. The van der Waals surface area contributed by atoms with Crippen LogP contribution in [0.2, 0.25) is 0 Å². The molecule has 2 rings (SSSR count). The number of benzene rings is 1. The highest BCUT2D eigenvalue weighted by molar-refractivity contribution is 9.11. The van der Waals surface area contributed by atoms with Gasteiger partial charge in [-0.3, -0.25) is 0 Å². The van der Waals surface area contributed by atoms with Crippen molar-refractivity contribution in [2.24, 2.45) is 0 Å². The van der Waals surface area contributed by atoms with E-state index in [1.54, 1.807) is 17.4 Å². The third kappa shape index (κ3) is 3.31. The van der Waals surface area contributed by atoms with Crippen LogP contribution in [0.25, 0.3) is 0 Å². The molecule has 1 aromatic heterocycles. The van der Waals surface area contributed by atoms with Crippen molar-refractivity contribution >= 4 is 27.3 Å². The molecular formula is C13H13BrFNOS. The summed E-state index contributed by atoms with van der Waals surface area (Å²) in [4.78, 5) is 1.06. The Labute approximate surface area is 118 Å². The Bertz CT molecular complexity index is 529. The minimum atomic E-state index is -0.321. The molecule has 0 amide bonds. The lowest BCUT2D eigenvalue weighted by Gasteiger charge is -2.11. The Morgan fingerprint density at radius 2 is 2.17 bits per heavy atom. The van der Waals surface area contributed by atoms with Gasteiger partial charge in [-0.1, -0.05) is 12.1 Å². The zero-order chi connectivity index (χ0) is 13.0. The molecule has 0 unspecified atom stereocenters. The van der Waals surface area contributed by atoms with Crippen LogP contribution in [0.3, 0.4) is 0 Å². The Hall–Kier alpha value is -0.910. The van der Waals surface area contributed by atoms with Gasteiger partial charge in [0, 0.05) is 17.0 Å². The maximum Gasteiger partial charge on any atom is 0.165 e. The van der Waals surface area contributed by atoms with Gasteiger partial charge in [-0.05, 0) is 41.2 Å². The van der Waals surface area contributed by atoms with Gasteiger partial charge >= 0.3 is 0 Å². The van der Waals surface area contributed by atoms with Crippen LogP contribution in [0.5, 0.6) is 5.75 Å². The SMILES string of the molecule is CNCc1cccc(F)c1OCc1ccc(Br)s1. The molecule has 1 aromatic carbocycles. The maximum atomic E-state index is 13.7. The van der Waals surface area contributed by atoms with Crippen molar-refractivity contribution in [3.63, 3.8) is 0 Å². The fourth-order valence-corrected chi connectivity index (χ4v) is 3.01. The minimum absolute atomic E-state index is 0.321. The van der Waals surface area contributed by atoms with Gasteiger partial charge in [0.2, 0.25) is 0 Å². The summed E-state index contributed by atoms with van der Waals surface area (Å²) in [5.41, 5.74) is 0.827.